The molecular weight excluding hydrogens is 274 g/mol. The van der Waals surface area contributed by atoms with E-state index in [1.54, 1.807) is 14.2 Å². The summed E-state index contributed by atoms with van der Waals surface area (Å²) in [6, 6.07) is 5.67. The summed E-state index contributed by atoms with van der Waals surface area (Å²) < 4.78 is 10.6. The minimum absolute atomic E-state index is 0.355. The largest absolute Gasteiger partial charge is 0.496 e. The van der Waals surface area contributed by atoms with Gasteiger partial charge in [-0.15, -0.1) is 0 Å². The van der Waals surface area contributed by atoms with Crippen molar-refractivity contribution in [2.45, 2.75) is 6.54 Å². The number of methoxy groups -OCH3 is 2. The molecule has 1 aromatic rings. The molecule has 1 amide bonds. The van der Waals surface area contributed by atoms with Crippen molar-refractivity contribution < 1.29 is 14.3 Å². The van der Waals surface area contributed by atoms with Gasteiger partial charge in [0.15, 0.2) is 0 Å². The highest BCUT2D eigenvalue weighted by Crippen LogP contribution is 2.25. The molecule has 0 saturated heterocycles. The van der Waals surface area contributed by atoms with Crippen LogP contribution < -0.4 is 4.74 Å². The number of amides is 1. The summed E-state index contributed by atoms with van der Waals surface area (Å²) in [6.45, 7) is 0.495. The molecule has 0 aliphatic rings. The Kier molecular flexibility index (Phi) is 4.61. The Morgan fingerprint density at radius 1 is 1.44 bits per heavy atom. The first-order valence-electron chi connectivity index (χ1n) is 4.70. The summed E-state index contributed by atoms with van der Waals surface area (Å²) in [6.07, 6.45) is -0.355. The molecule has 0 spiro atoms. The fraction of sp³-hybridized carbons (Fsp3) is 0.364. The van der Waals surface area contributed by atoms with Gasteiger partial charge in [0.25, 0.3) is 0 Å². The van der Waals surface area contributed by atoms with Crippen molar-refractivity contribution in [2.24, 2.45) is 0 Å². The van der Waals surface area contributed by atoms with E-state index in [9.17, 15) is 4.79 Å². The number of nitrogens with zero attached hydrogens (tertiary/aromatic N) is 1. The Labute approximate surface area is 103 Å². The van der Waals surface area contributed by atoms with Gasteiger partial charge in [0, 0.05) is 13.6 Å². The minimum atomic E-state index is -0.355. The number of carbonyl (C=O) groups excluding carboxylic acids is 1. The number of rotatable bonds is 3. The minimum Gasteiger partial charge on any atom is -0.496 e. The van der Waals surface area contributed by atoms with E-state index in [0.29, 0.717) is 6.54 Å². The monoisotopic (exact) mass is 287 g/mol. The second-order valence-electron chi connectivity index (χ2n) is 3.29. The lowest BCUT2D eigenvalue weighted by Gasteiger charge is -2.15. The van der Waals surface area contributed by atoms with E-state index in [0.717, 1.165) is 15.8 Å². The van der Waals surface area contributed by atoms with Gasteiger partial charge in [0.05, 0.1) is 18.7 Å². The van der Waals surface area contributed by atoms with E-state index in [-0.39, 0.29) is 6.09 Å². The summed E-state index contributed by atoms with van der Waals surface area (Å²) in [5.41, 5.74) is 1.00. The molecule has 5 heteroatoms. The molecule has 88 valence electrons. The molecule has 0 aliphatic carbocycles. The SMILES string of the molecule is COC(=O)N(C)Cc1ccc(OC)c(Br)c1. The standard InChI is InChI=1S/C11H14BrNO3/c1-13(11(14)16-3)7-8-4-5-10(15-2)9(12)6-8/h4-6H,7H2,1-3H3. The lowest BCUT2D eigenvalue weighted by molar-refractivity contribution is 0.131. The van der Waals surface area contributed by atoms with Gasteiger partial charge in [-0.05, 0) is 33.6 Å². The van der Waals surface area contributed by atoms with Crippen molar-refractivity contribution in [2.75, 3.05) is 21.3 Å². The molecule has 0 atom stereocenters. The molecule has 4 nitrogen and oxygen atoms in total. The zero-order valence-electron chi connectivity index (χ0n) is 9.49. The second kappa shape index (κ2) is 5.75. The van der Waals surface area contributed by atoms with E-state index < -0.39 is 0 Å². The van der Waals surface area contributed by atoms with Crippen LogP contribution in [-0.4, -0.2) is 32.3 Å². The first-order chi connectivity index (χ1) is 7.58. The van der Waals surface area contributed by atoms with E-state index in [4.69, 9.17) is 4.74 Å². The van der Waals surface area contributed by atoms with Crippen LogP contribution in [0.3, 0.4) is 0 Å². The zero-order chi connectivity index (χ0) is 12.1. The Morgan fingerprint density at radius 2 is 2.12 bits per heavy atom. The first-order valence-corrected chi connectivity index (χ1v) is 5.49. The van der Waals surface area contributed by atoms with E-state index in [2.05, 4.69) is 20.7 Å². The summed E-state index contributed by atoms with van der Waals surface area (Å²) in [5, 5.41) is 0. The Hall–Kier alpha value is -1.23. The molecular formula is C11H14BrNO3. The predicted octanol–water partition coefficient (Wildman–Crippen LogP) is 2.66. The third-order valence-corrected chi connectivity index (χ3v) is 2.74. The highest BCUT2D eigenvalue weighted by atomic mass is 79.9. The summed E-state index contributed by atoms with van der Waals surface area (Å²) in [4.78, 5) is 12.7. The van der Waals surface area contributed by atoms with Crippen LogP contribution in [0.5, 0.6) is 5.75 Å². The van der Waals surface area contributed by atoms with Gasteiger partial charge in [-0.1, -0.05) is 6.07 Å². The number of benzene rings is 1. The van der Waals surface area contributed by atoms with Crippen molar-refractivity contribution in [3.63, 3.8) is 0 Å². The third-order valence-electron chi connectivity index (χ3n) is 2.12. The van der Waals surface area contributed by atoms with Crippen LogP contribution >= 0.6 is 15.9 Å². The second-order valence-corrected chi connectivity index (χ2v) is 4.15. The quantitative estimate of drug-likeness (QED) is 0.858. The van der Waals surface area contributed by atoms with Gasteiger partial charge < -0.3 is 14.4 Å². The van der Waals surface area contributed by atoms with Crippen molar-refractivity contribution in [1.29, 1.82) is 0 Å². The molecule has 0 radical (unpaired) electrons. The van der Waals surface area contributed by atoms with Gasteiger partial charge >= 0.3 is 6.09 Å². The van der Waals surface area contributed by atoms with Crippen molar-refractivity contribution in [3.05, 3.63) is 28.2 Å². The molecule has 0 heterocycles. The van der Waals surface area contributed by atoms with Gasteiger partial charge in [-0.3, -0.25) is 0 Å². The smallest absolute Gasteiger partial charge is 0.409 e. The Bertz CT molecular complexity index is 381. The van der Waals surface area contributed by atoms with Gasteiger partial charge in [0.2, 0.25) is 0 Å². The molecule has 1 rings (SSSR count). The van der Waals surface area contributed by atoms with Gasteiger partial charge in [-0.25, -0.2) is 4.79 Å². The predicted molar refractivity (Wildman–Crippen MR) is 64.6 cm³/mol. The number of ether oxygens (including phenoxy) is 2. The fourth-order valence-electron chi connectivity index (χ4n) is 1.30. The molecule has 1 aromatic carbocycles. The maximum absolute atomic E-state index is 11.2. The van der Waals surface area contributed by atoms with E-state index >= 15 is 0 Å². The summed E-state index contributed by atoms with van der Waals surface area (Å²) in [7, 11) is 4.66. The zero-order valence-corrected chi connectivity index (χ0v) is 11.1. The average molecular weight is 288 g/mol. The molecule has 0 aromatic heterocycles. The number of hydrogen-bond acceptors (Lipinski definition) is 3. The van der Waals surface area contributed by atoms with E-state index in [1.165, 1.54) is 12.0 Å². The number of halogens is 1. The molecule has 0 unspecified atom stereocenters. The Morgan fingerprint density at radius 3 is 2.62 bits per heavy atom. The highest BCUT2D eigenvalue weighted by molar-refractivity contribution is 9.10. The summed E-state index contributed by atoms with van der Waals surface area (Å²) >= 11 is 3.39. The molecule has 0 N–H and O–H groups in total. The highest BCUT2D eigenvalue weighted by Gasteiger charge is 2.09. The van der Waals surface area contributed by atoms with E-state index in [1.807, 2.05) is 18.2 Å². The normalized spacial score (nSPS) is 9.75. The van der Waals surface area contributed by atoms with Crippen molar-refractivity contribution in [1.82, 2.24) is 4.90 Å². The van der Waals surface area contributed by atoms with Crippen LogP contribution in [0.25, 0.3) is 0 Å². The van der Waals surface area contributed by atoms with Crippen molar-refractivity contribution >= 4 is 22.0 Å². The first kappa shape index (κ1) is 12.8. The number of hydrogen-bond donors (Lipinski definition) is 0. The average Bonchev–Trinajstić information content (AvgIpc) is 2.28. The van der Waals surface area contributed by atoms with Crippen LogP contribution in [0.2, 0.25) is 0 Å². The van der Waals surface area contributed by atoms with Crippen LogP contribution in [0, 0.1) is 0 Å². The lowest BCUT2D eigenvalue weighted by atomic mass is 10.2. The molecule has 0 bridgehead atoms. The van der Waals surface area contributed by atoms with Crippen LogP contribution in [-0.2, 0) is 11.3 Å². The lowest BCUT2D eigenvalue weighted by Crippen LogP contribution is -2.25. The van der Waals surface area contributed by atoms with Crippen molar-refractivity contribution in [3.8, 4) is 5.75 Å². The van der Waals surface area contributed by atoms with Crippen LogP contribution in [0.1, 0.15) is 5.56 Å². The maximum atomic E-state index is 11.2. The van der Waals surface area contributed by atoms with Gasteiger partial charge in [0.1, 0.15) is 5.75 Å². The molecule has 0 aliphatic heterocycles. The van der Waals surface area contributed by atoms with Crippen LogP contribution in [0.4, 0.5) is 4.79 Å². The van der Waals surface area contributed by atoms with Gasteiger partial charge in [-0.2, -0.15) is 0 Å². The Balaban J connectivity index is 2.75. The van der Waals surface area contributed by atoms with Crippen LogP contribution in [0.15, 0.2) is 22.7 Å². The number of carbonyl (C=O) groups is 1. The summed E-state index contributed by atoms with van der Waals surface area (Å²) in [5.74, 6) is 0.768. The fourth-order valence-corrected chi connectivity index (χ4v) is 1.89. The molecule has 0 fully saturated rings. The maximum Gasteiger partial charge on any atom is 0.409 e. The topological polar surface area (TPSA) is 38.8 Å². The third kappa shape index (κ3) is 3.13. The molecule has 16 heavy (non-hydrogen) atoms. The molecule has 0 saturated carbocycles.